The number of hydrogen-bond acceptors (Lipinski definition) is 2. The lowest BCUT2D eigenvalue weighted by Gasteiger charge is -1.86. The number of nitrogens with two attached hydrogens (primary N) is 1. The highest BCUT2D eigenvalue weighted by atomic mass is 14.8. The third kappa shape index (κ3) is 2.72. The van der Waals surface area contributed by atoms with Crippen LogP contribution >= 0.6 is 0 Å². The maximum absolute atomic E-state index is 8.25. The van der Waals surface area contributed by atoms with Crippen LogP contribution in [0.25, 0.3) is 0 Å². The molecule has 0 saturated heterocycles. The zero-order valence-corrected chi connectivity index (χ0v) is 5.97. The zero-order chi connectivity index (χ0) is 8.15. The molecule has 0 heterocycles. The summed E-state index contributed by atoms with van der Waals surface area (Å²) in [6, 6.07) is 1.74. The molecule has 0 amide bonds. The van der Waals surface area contributed by atoms with E-state index in [1.54, 1.807) is 13.0 Å². The molecule has 0 aromatic heterocycles. The Labute approximate surface area is 59.2 Å². The van der Waals surface area contributed by atoms with Crippen LogP contribution in [0.4, 0.5) is 0 Å². The third-order valence-corrected chi connectivity index (χ3v) is 0.846. The summed E-state index contributed by atoms with van der Waals surface area (Å²) in [7, 11) is 0. The fourth-order valence-electron chi connectivity index (χ4n) is 0.393. The van der Waals surface area contributed by atoms with E-state index in [1.807, 2.05) is 0 Å². The van der Waals surface area contributed by atoms with Gasteiger partial charge < -0.3 is 0 Å². The molecular weight excluding hydrogens is 128 g/mol. The summed E-state index contributed by atoms with van der Waals surface area (Å²) in [5, 5.41) is 20.4. The second kappa shape index (κ2) is 3.51. The van der Waals surface area contributed by atoms with Crippen molar-refractivity contribution in [3.63, 3.8) is 0 Å². The lowest BCUT2D eigenvalue weighted by atomic mass is 10.3. The standard InChI is InChI=1S/C6H8N4/c1-4(6(9)3-7)10-5(2)8/h8-9H,1-2H3/p+1. The topological polar surface area (TPSA) is 85.6 Å². The molecule has 0 aliphatic carbocycles. The van der Waals surface area contributed by atoms with Crippen molar-refractivity contribution >= 4 is 17.3 Å². The molecule has 0 saturated carbocycles. The first-order chi connectivity index (χ1) is 4.57. The van der Waals surface area contributed by atoms with Crippen LogP contribution in [-0.2, 0) is 0 Å². The van der Waals surface area contributed by atoms with Gasteiger partial charge in [-0.3, -0.25) is 5.41 Å². The average molecular weight is 137 g/mol. The van der Waals surface area contributed by atoms with E-state index in [0.717, 1.165) is 0 Å². The molecule has 0 aromatic rings. The van der Waals surface area contributed by atoms with E-state index in [4.69, 9.17) is 16.1 Å². The Morgan fingerprint density at radius 3 is 2.40 bits per heavy atom. The van der Waals surface area contributed by atoms with Crippen molar-refractivity contribution < 1.29 is 5.41 Å². The molecule has 3 N–H and O–H groups in total. The molecule has 0 aliphatic rings. The molecule has 0 aliphatic heterocycles. The maximum Gasteiger partial charge on any atom is 0.296 e. The van der Waals surface area contributed by atoms with Gasteiger partial charge in [0, 0.05) is 0 Å². The smallest absolute Gasteiger partial charge is 0.287 e. The summed E-state index contributed by atoms with van der Waals surface area (Å²) in [5.41, 5.74) is 0.460. The predicted octanol–water partition coefficient (Wildman–Crippen LogP) is -0.832. The Kier molecular flexibility index (Phi) is 2.98. The molecule has 0 fully saturated rings. The Morgan fingerprint density at radius 1 is 1.60 bits per heavy atom. The first-order valence-electron chi connectivity index (χ1n) is 2.71. The van der Waals surface area contributed by atoms with E-state index in [-0.39, 0.29) is 11.5 Å². The van der Waals surface area contributed by atoms with Gasteiger partial charge in [-0.15, -0.1) is 0 Å². The van der Waals surface area contributed by atoms with Crippen LogP contribution in [0.3, 0.4) is 0 Å². The molecular formula is C6H9N4+. The van der Waals surface area contributed by atoms with Gasteiger partial charge in [0.15, 0.2) is 6.07 Å². The fourth-order valence-corrected chi connectivity index (χ4v) is 0.393. The summed E-state index contributed by atoms with van der Waals surface area (Å²) in [6.07, 6.45) is 0. The largest absolute Gasteiger partial charge is 0.296 e. The van der Waals surface area contributed by atoms with Crippen molar-refractivity contribution in [2.45, 2.75) is 13.8 Å². The SMILES string of the molecule is CC(=N)N=C(C)C(=[NH2+])C#N. The van der Waals surface area contributed by atoms with E-state index in [2.05, 4.69) is 4.99 Å². The van der Waals surface area contributed by atoms with Gasteiger partial charge >= 0.3 is 0 Å². The van der Waals surface area contributed by atoms with Crippen LogP contribution in [0.15, 0.2) is 4.99 Å². The summed E-state index contributed by atoms with van der Waals surface area (Å²) >= 11 is 0. The normalized spacial score (nSPS) is 10.3. The van der Waals surface area contributed by atoms with Gasteiger partial charge in [0.25, 0.3) is 5.71 Å². The van der Waals surface area contributed by atoms with Crippen molar-refractivity contribution in [2.24, 2.45) is 4.99 Å². The van der Waals surface area contributed by atoms with Crippen LogP contribution in [0, 0.1) is 16.7 Å². The molecule has 10 heavy (non-hydrogen) atoms. The van der Waals surface area contributed by atoms with Gasteiger partial charge in [0.2, 0.25) is 0 Å². The number of hydrogen-bond donors (Lipinski definition) is 2. The van der Waals surface area contributed by atoms with Gasteiger partial charge in [-0.25, -0.2) is 10.4 Å². The molecule has 0 spiro atoms. The zero-order valence-electron chi connectivity index (χ0n) is 5.97. The van der Waals surface area contributed by atoms with Crippen LogP contribution in [0.1, 0.15) is 13.8 Å². The maximum atomic E-state index is 8.25. The molecule has 52 valence electrons. The lowest BCUT2D eigenvalue weighted by molar-refractivity contribution is -0.108. The number of nitriles is 1. The van der Waals surface area contributed by atoms with E-state index in [1.165, 1.54) is 6.92 Å². The van der Waals surface area contributed by atoms with Crippen LogP contribution < -0.4 is 5.41 Å². The van der Waals surface area contributed by atoms with Crippen LogP contribution in [0.5, 0.6) is 0 Å². The summed E-state index contributed by atoms with van der Waals surface area (Å²) in [5.74, 6) is 0.149. The molecule has 0 unspecified atom stereocenters. The van der Waals surface area contributed by atoms with Crippen LogP contribution in [-0.4, -0.2) is 17.3 Å². The van der Waals surface area contributed by atoms with Gasteiger partial charge in [0.05, 0.1) is 0 Å². The highest BCUT2D eigenvalue weighted by Gasteiger charge is 2.04. The van der Waals surface area contributed by atoms with Crippen molar-refractivity contribution in [3.8, 4) is 6.07 Å². The number of rotatable bonds is 1. The Morgan fingerprint density at radius 2 is 2.10 bits per heavy atom. The quantitative estimate of drug-likeness (QED) is 0.358. The van der Waals surface area contributed by atoms with E-state index in [0.29, 0.717) is 5.71 Å². The molecule has 0 bridgehead atoms. The number of nitrogens with zero attached hydrogens (tertiary/aromatic N) is 2. The van der Waals surface area contributed by atoms with Gasteiger partial charge in [-0.1, -0.05) is 0 Å². The van der Waals surface area contributed by atoms with E-state index >= 15 is 0 Å². The first-order valence-corrected chi connectivity index (χ1v) is 2.71. The van der Waals surface area contributed by atoms with E-state index < -0.39 is 0 Å². The first kappa shape index (κ1) is 8.50. The van der Waals surface area contributed by atoms with E-state index in [9.17, 15) is 0 Å². The van der Waals surface area contributed by atoms with Crippen molar-refractivity contribution in [1.82, 2.24) is 0 Å². The van der Waals surface area contributed by atoms with Gasteiger partial charge in [-0.05, 0) is 13.8 Å². The second-order valence-corrected chi connectivity index (χ2v) is 1.81. The highest BCUT2D eigenvalue weighted by molar-refractivity contribution is 6.46. The molecule has 0 aromatic carbocycles. The molecule has 0 atom stereocenters. The Balaban J connectivity index is 4.38. The average Bonchev–Trinajstić information content (AvgIpc) is 1.85. The predicted molar refractivity (Wildman–Crippen MR) is 39.1 cm³/mol. The monoisotopic (exact) mass is 137 g/mol. The minimum atomic E-state index is 0.0617. The Bertz CT molecular complexity index is 231. The summed E-state index contributed by atoms with van der Waals surface area (Å²) in [6.45, 7) is 3.12. The van der Waals surface area contributed by atoms with Crippen molar-refractivity contribution in [2.75, 3.05) is 0 Å². The highest BCUT2D eigenvalue weighted by Crippen LogP contribution is 1.79. The molecule has 0 rings (SSSR count). The van der Waals surface area contributed by atoms with Crippen LogP contribution in [0.2, 0.25) is 0 Å². The summed E-state index contributed by atoms with van der Waals surface area (Å²) < 4.78 is 0. The molecule has 4 heteroatoms. The van der Waals surface area contributed by atoms with Gasteiger partial charge in [0.1, 0.15) is 11.5 Å². The minimum Gasteiger partial charge on any atom is -0.287 e. The third-order valence-electron chi connectivity index (χ3n) is 0.846. The van der Waals surface area contributed by atoms with Crippen molar-refractivity contribution in [3.05, 3.63) is 0 Å². The minimum absolute atomic E-state index is 0.0617. The molecule has 0 radical (unpaired) electrons. The van der Waals surface area contributed by atoms with Crippen molar-refractivity contribution in [1.29, 1.82) is 10.7 Å². The summed E-state index contributed by atoms with van der Waals surface area (Å²) in [4.78, 5) is 3.66. The Hall–Kier alpha value is -1.50. The number of nitrogens with one attached hydrogen (secondary N) is 1. The number of aliphatic imine (C=N–C) groups is 1. The second-order valence-electron chi connectivity index (χ2n) is 1.81. The molecule has 4 nitrogen and oxygen atoms in total. The van der Waals surface area contributed by atoms with Gasteiger partial charge in [-0.2, -0.15) is 5.26 Å². The fraction of sp³-hybridized carbons (Fsp3) is 0.333. The lowest BCUT2D eigenvalue weighted by Crippen LogP contribution is -2.43. The number of amidine groups is 1.